The summed E-state index contributed by atoms with van der Waals surface area (Å²) in [6.45, 7) is 1.50. The molecular weight excluding hydrogens is 278 g/mol. The van der Waals surface area contributed by atoms with Crippen LogP contribution < -0.4 is 4.90 Å². The first-order chi connectivity index (χ1) is 10.6. The molecule has 5 rings (SSSR count). The molecule has 1 heterocycles. The van der Waals surface area contributed by atoms with Gasteiger partial charge in [0, 0.05) is 5.56 Å². The summed E-state index contributed by atoms with van der Waals surface area (Å²) in [4.78, 5) is 38.2. The van der Waals surface area contributed by atoms with Crippen LogP contribution in [0.3, 0.4) is 0 Å². The van der Waals surface area contributed by atoms with Gasteiger partial charge < -0.3 is 0 Å². The molecule has 4 heteroatoms. The van der Waals surface area contributed by atoms with Crippen LogP contribution in [0.5, 0.6) is 0 Å². The van der Waals surface area contributed by atoms with Crippen LogP contribution in [0.4, 0.5) is 5.69 Å². The number of carbonyl (C=O) groups excluding carboxylic acids is 3. The van der Waals surface area contributed by atoms with E-state index in [9.17, 15) is 14.4 Å². The van der Waals surface area contributed by atoms with Gasteiger partial charge in [-0.15, -0.1) is 0 Å². The fourth-order valence-corrected chi connectivity index (χ4v) is 4.17. The molecule has 4 aliphatic rings. The van der Waals surface area contributed by atoms with Crippen LogP contribution in [0.25, 0.3) is 0 Å². The van der Waals surface area contributed by atoms with E-state index in [1.807, 2.05) is 0 Å². The van der Waals surface area contributed by atoms with Crippen molar-refractivity contribution in [3.63, 3.8) is 0 Å². The molecule has 3 aliphatic carbocycles. The molecule has 1 aromatic carbocycles. The van der Waals surface area contributed by atoms with Crippen LogP contribution >= 0.6 is 0 Å². The van der Waals surface area contributed by atoms with Crippen molar-refractivity contribution >= 4 is 23.3 Å². The van der Waals surface area contributed by atoms with Crippen LogP contribution in [-0.4, -0.2) is 17.6 Å². The number of benzene rings is 1. The van der Waals surface area contributed by atoms with Crippen LogP contribution in [0.1, 0.15) is 30.1 Å². The molecule has 1 saturated heterocycles. The van der Waals surface area contributed by atoms with Crippen molar-refractivity contribution < 1.29 is 14.4 Å². The second kappa shape index (κ2) is 4.63. The number of carbonyl (C=O) groups is 3. The molecule has 4 atom stereocenters. The smallest absolute Gasteiger partial charge is 0.238 e. The maximum Gasteiger partial charge on any atom is 0.238 e. The second-order valence-corrected chi connectivity index (χ2v) is 6.46. The Morgan fingerprint density at radius 3 is 1.86 bits per heavy atom. The van der Waals surface area contributed by atoms with E-state index in [2.05, 4.69) is 12.2 Å². The summed E-state index contributed by atoms with van der Waals surface area (Å²) < 4.78 is 0. The van der Waals surface area contributed by atoms with Gasteiger partial charge in [-0.1, -0.05) is 12.2 Å². The number of imide groups is 1. The normalized spacial score (nSPS) is 32.5. The minimum Gasteiger partial charge on any atom is -0.295 e. The molecule has 2 bridgehead atoms. The lowest BCUT2D eigenvalue weighted by atomic mass is 9.63. The van der Waals surface area contributed by atoms with Crippen LogP contribution in [-0.2, 0) is 9.59 Å². The summed E-state index contributed by atoms with van der Waals surface area (Å²) in [5, 5.41) is 0. The predicted octanol–water partition coefficient (Wildman–Crippen LogP) is 2.59. The zero-order valence-corrected chi connectivity index (χ0v) is 12.4. The van der Waals surface area contributed by atoms with Gasteiger partial charge >= 0.3 is 0 Å². The number of hydrogen-bond acceptors (Lipinski definition) is 3. The first kappa shape index (κ1) is 13.4. The number of anilines is 1. The number of ketones is 1. The Balaban J connectivity index is 1.70. The third kappa shape index (κ3) is 1.73. The highest BCUT2D eigenvalue weighted by atomic mass is 16.2. The highest BCUT2D eigenvalue weighted by Crippen LogP contribution is 2.50. The van der Waals surface area contributed by atoms with Crippen molar-refractivity contribution in [1.82, 2.24) is 0 Å². The van der Waals surface area contributed by atoms with Gasteiger partial charge in [0.1, 0.15) is 0 Å². The molecule has 2 amide bonds. The number of nitrogens with zero attached hydrogens (tertiary/aromatic N) is 1. The van der Waals surface area contributed by atoms with Gasteiger partial charge in [-0.2, -0.15) is 0 Å². The first-order valence-corrected chi connectivity index (χ1v) is 7.75. The van der Waals surface area contributed by atoms with E-state index in [0.29, 0.717) is 11.3 Å². The third-order valence-corrected chi connectivity index (χ3v) is 5.29. The largest absolute Gasteiger partial charge is 0.295 e. The number of amides is 2. The highest BCUT2D eigenvalue weighted by molar-refractivity contribution is 6.22. The van der Waals surface area contributed by atoms with Gasteiger partial charge in [0.2, 0.25) is 11.8 Å². The van der Waals surface area contributed by atoms with E-state index in [0.717, 1.165) is 12.8 Å². The van der Waals surface area contributed by atoms with E-state index >= 15 is 0 Å². The Morgan fingerprint density at radius 1 is 0.955 bits per heavy atom. The lowest BCUT2D eigenvalue weighted by Crippen LogP contribution is -2.38. The fourth-order valence-electron chi connectivity index (χ4n) is 4.17. The van der Waals surface area contributed by atoms with Crippen molar-refractivity contribution in [1.29, 1.82) is 0 Å². The summed E-state index contributed by atoms with van der Waals surface area (Å²) in [6.07, 6.45) is 6.22. The zero-order valence-electron chi connectivity index (χ0n) is 12.4. The Labute approximate surface area is 128 Å². The predicted molar refractivity (Wildman–Crippen MR) is 81.3 cm³/mol. The monoisotopic (exact) mass is 295 g/mol. The SMILES string of the molecule is CC(=O)c1ccc(N2C(=O)[C@@H]3[C@H](C2=O)[C@H]2C=C[C@H]3CC2)cc1. The Hall–Kier alpha value is -2.23. The molecular formula is C18H17NO3. The summed E-state index contributed by atoms with van der Waals surface area (Å²) in [6, 6.07) is 6.73. The Morgan fingerprint density at radius 2 is 1.45 bits per heavy atom. The molecule has 0 unspecified atom stereocenters. The zero-order chi connectivity index (χ0) is 15.4. The van der Waals surface area contributed by atoms with Crippen LogP contribution in [0.2, 0.25) is 0 Å². The lowest BCUT2D eigenvalue weighted by molar-refractivity contribution is -0.124. The first-order valence-electron chi connectivity index (χ1n) is 7.75. The number of allylic oxidation sites excluding steroid dienone is 2. The summed E-state index contributed by atoms with van der Waals surface area (Å²) in [7, 11) is 0. The molecule has 2 fully saturated rings. The van der Waals surface area contributed by atoms with Crippen molar-refractivity contribution in [3.05, 3.63) is 42.0 Å². The Bertz CT molecular complexity index is 672. The molecule has 0 N–H and O–H groups in total. The molecule has 1 saturated carbocycles. The second-order valence-electron chi connectivity index (χ2n) is 6.46. The Kier molecular flexibility index (Phi) is 2.83. The minimum absolute atomic E-state index is 0.0264. The van der Waals surface area contributed by atoms with Crippen LogP contribution in [0.15, 0.2) is 36.4 Å². The molecule has 0 aromatic heterocycles. The highest BCUT2D eigenvalue weighted by Gasteiger charge is 2.56. The molecule has 0 radical (unpaired) electrons. The van der Waals surface area contributed by atoms with Crippen molar-refractivity contribution in [2.24, 2.45) is 23.7 Å². The van der Waals surface area contributed by atoms with E-state index < -0.39 is 0 Å². The molecule has 4 nitrogen and oxygen atoms in total. The molecule has 1 aromatic rings. The summed E-state index contributed by atoms with van der Waals surface area (Å²) in [5.74, 6) is -0.163. The van der Waals surface area contributed by atoms with E-state index in [-0.39, 0.29) is 41.3 Å². The molecule has 0 spiro atoms. The number of hydrogen-bond donors (Lipinski definition) is 0. The number of Topliss-reactive ketones (excluding diaryl/α,β-unsaturated/α-hetero) is 1. The quantitative estimate of drug-likeness (QED) is 0.479. The van der Waals surface area contributed by atoms with Gasteiger partial charge in [-0.3, -0.25) is 19.3 Å². The number of fused-ring (bicyclic) bond motifs is 1. The molecule has 112 valence electrons. The standard InChI is InChI=1S/C18H17NO3/c1-10(20)11-6-8-14(9-7-11)19-17(21)15-12-2-3-13(5-4-12)16(15)18(19)22/h2-3,6-9,12-13,15-16H,4-5H2,1H3/t12-,13-,15-,16+/m0/s1. The van der Waals surface area contributed by atoms with Gasteiger partial charge in [-0.25, -0.2) is 0 Å². The van der Waals surface area contributed by atoms with Gasteiger partial charge in [0.05, 0.1) is 17.5 Å². The summed E-state index contributed by atoms with van der Waals surface area (Å²) >= 11 is 0. The maximum atomic E-state index is 12.8. The van der Waals surface area contributed by atoms with E-state index in [1.165, 1.54) is 11.8 Å². The lowest BCUT2D eigenvalue weighted by Gasteiger charge is -2.38. The minimum atomic E-state index is -0.191. The van der Waals surface area contributed by atoms with Gasteiger partial charge in [0.25, 0.3) is 0 Å². The molecule has 22 heavy (non-hydrogen) atoms. The average molecular weight is 295 g/mol. The topological polar surface area (TPSA) is 54.5 Å². The van der Waals surface area contributed by atoms with Crippen LogP contribution in [0, 0.1) is 23.7 Å². The maximum absolute atomic E-state index is 12.8. The summed E-state index contributed by atoms with van der Waals surface area (Å²) in [5.41, 5.74) is 1.16. The van der Waals surface area contributed by atoms with E-state index in [4.69, 9.17) is 0 Å². The third-order valence-electron chi connectivity index (χ3n) is 5.29. The van der Waals surface area contributed by atoms with Gasteiger partial charge in [0.15, 0.2) is 5.78 Å². The van der Waals surface area contributed by atoms with Crippen molar-refractivity contribution in [2.45, 2.75) is 19.8 Å². The number of rotatable bonds is 2. The average Bonchev–Trinajstić information content (AvgIpc) is 2.82. The van der Waals surface area contributed by atoms with Gasteiger partial charge in [-0.05, 0) is 55.9 Å². The van der Waals surface area contributed by atoms with E-state index in [1.54, 1.807) is 24.3 Å². The van der Waals surface area contributed by atoms with Crippen molar-refractivity contribution in [2.75, 3.05) is 4.90 Å². The fraction of sp³-hybridized carbons (Fsp3) is 0.389. The van der Waals surface area contributed by atoms with Crippen molar-refractivity contribution in [3.8, 4) is 0 Å². The molecule has 1 aliphatic heterocycles.